The quantitative estimate of drug-likeness (QED) is 0.00895. The minimum Gasteiger partial charge on any atom is -0.505 e. The Morgan fingerprint density at radius 3 is 2.20 bits per heavy atom. The van der Waals surface area contributed by atoms with E-state index in [1.165, 1.54) is 65.4 Å². The number of aromatic nitrogens is 1. The maximum atomic E-state index is 15.0. The molecule has 0 radical (unpaired) electrons. The third kappa shape index (κ3) is 18.1. The minimum absolute atomic E-state index is 0.0664. The van der Waals surface area contributed by atoms with E-state index >= 15 is 4.79 Å². The van der Waals surface area contributed by atoms with Crippen molar-refractivity contribution in [3.8, 4) is 11.5 Å². The number of imide groups is 1. The van der Waals surface area contributed by atoms with E-state index in [1.54, 1.807) is 101 Å². The molecule has 0 saturated carbocycles. The Morgan fingerprint density at radius 2 is 1.54 bits per heavy atom. The van der Waals surface area contributed by atoms with E-state index in [9.17, 15) is 63.3 Å². The Hall–Kier alpha value is -10.7. The number of aliphatic hydroxyl groups is 2. The number of allylic oxidation sites excluding steroid dienone is 2. The highest BCUT2D eigenvalue weighted by atomic mass is 16.7. The van der Waals surface area contributed by atoms with Crippen LogP contribution in [0.15, 0.2) is 100.0 Å². The fraction of sp³-hybridized carbons (Fsp3) is 0.474. The second-order valence-corrected chi connectivity index (χ2v) is 27.9. The van der Waals surface area contributed by atoms with Crippen LogP contribution in [0, 0.1) is 36.5 Å². The van der Waals surface area contributed by atoms with E-state index in [0.717, 1.165) is 4.90 Å². The van der Waals surface area contributed by atoms with Crippen molar-refractivity contribution in [1.29, 1.82) is 0 Å². The maximum Gasteiger partial charge on any atom is 0.410 e. The molecule has 9 rings (SSSR count). The first-order valence-electron chi connectivity index (χ1n) is 35.5. The van der Waals surface area contributed by atoms with Crippen LogP contribution in [0.1, 0.15) is 122 Å². The van der Waals surface area contributed by atoms with Crippen molar-refractivity contribution in [3.05, 3.63) is 118 Å². The zero-order valence-electron chi connectivity index (χ0n) is 61.3. The number of unbranched alkanes of at least 4 members (excludes halogenated alkanes) is 2. The normalized spacial score (nSPS) is 23.9. The Balaban J connectivity index is 0.891. The number of aliphatic hydroxyl groups excluding tert-OH is 2. The van der Waals surface area contributed by atoms with Gasteiger partial charge in [0.05, 0.1) is 35.5 Å². The number of primary amides is 1. The summed E-state index contributed by atoms with van der Waals surface area (Å²) in [6.45, 7) is 17.2. The molecule has 106 heavy (non-hydrogen) atoms. The average Bonchev–Trinajstić information content (AvgIpc) is 1.42. The number of carbonyl (C=O) groups excluding carboxylic acids is 10. The van der Waals surface area contributed by atoms with Gasteiger partial charge in [0.25, 0.3) is 23.5 Å². The second kappa shape index (κ2) is 34.5. The number of urea groups is 1. The first-order valence-corrected chi connectivity index (χ1v) is 35.5. The zero-order chi connectivity index (χ0) is 77.2. The number of fused-ring (bicyclic) bond motifs is 2. The van der Waals surface area contributed by atoms with Gasteiger partial charge in [0.15, 0.2) is 22.3 Å². The largest absolute Gasteiger partial charge is 0.505 e. The number of rotatable bonds is 21. The summed E-state index contributed by atoms with van der Waals surface area (Å²) in [5, 5.41) is 48.7. The topological polar surface area (TPSA) is 417 Å². The minimum atomic E-state index is -2.13. The third-order valence-corrected chi connectivity index (χ3v) is 19.9. The summed E-state index contributed by atoms with van der Waals surface area (Å²) in [5.74, 6) is -10.6. The molecule has 10 N–H and O–H groups in total. The summed E-state index contributed by atoms with van der Waals surface area (Å²) in [5.41, 5.74) is 5.73. The Morgan fingerprint density at radius 1 is 0.840 bits per heavy atom. The smallest absolute Gasteiger partial charge is 0.410 e. The van der Waals surface area contributed by atoms with Crippen LogP contribution in [0.25, 0.3) is 33.0 Å². The van der Waals surface area contributed by atoms with Gasteiger partial charge in [-0.05, 0) is 81.4 Å². The highest BCUT2D eigenvalue weighted by Gasteiger charge is 2.50. The van der Waals surface area contributed by atoms with Crippen LogP contribution >= 0.6 is 0 Å². The number of amides is 9. The number of nitrogens with two attached hydrogens (primary N) is 1. The molecule has 4 aliphatic heterocycles. The molecule has 1 saturated heterocycles. The van der Waals surface area contributed by atoms with E-state index in [4.69, 9.17) is 38.8 Å². The number of methoxy groups -OCH3 is 1. The van der Waals surface area contributed by atoms with Crippen LogP contribution in [-0.2, 0) is 59.1 Å². The third-order valence-electron chi connectivity index (χ3n) is 19.9. The van der Waals surface area contributed by atoms with E-state index in [1.807, 2.05) is 4.90 Å². The highest BCUT2D eigenvalue weighted by Crippen LogP contribution is 2.49. The lowest BCUT2D eigenvalue weighted by atomic mass is 9.78. The van der Waals surface area contributed by atoms with Crippen LogP contribution in [-0.4, -0.2) is 178 Å². The molecule has 0 unspecified atom stereocenters. The van der Waals surface area contributed by atoms with Gasteiger partial charge in [-0.25, -0.2) is 14.6 Å². The van der Waals surface area contributed by atoms with E-state index in [-0.39, 0.29) is 131 Å². The van der Waals surface area contributed by atoms with Gasteiger partial charge in [0.2, 0.25) is 17.7 Å². The Labute approximate surface area is 612 Å². The number of hydrogen-bond acceptors (Lipinski definition) is 22. The SMILES string of the molecule is CO[C@H]1/C=C/O[C@@]2(C)Oc3c(C)c(=O)c4c(O)c(c5oc6cc(N7CCN(C(=O)OCc8ccc(NC(=O)[C@H](CCCNC(N)=O)NC(=O)[C@@H](NC(=O)CCCCCN9C(=O)C=CC9=O)C(C)C)cc8)CC7)ccc6nc5c4c3C2=O)NC(=O)/C(C)=C\C=C\[C@H](C)[C@H](O)[C@@H](C)[C@@H](O)[C@@H](C)[C@H](OC(C)=O)[C@@H]1C. The number of phenolic OH excluding ortho intramolecular Hbond substituents is 1. The number of esters is 1. The maximum absolute atomic E-state index is 15.0. The Bertz CT molecular complexity index is 4390. The van der Waals surface area contributed by atoms with Gasteiger partial charge in [-0.3, -0.25) is 48.1 Å². The molecular weight excluding hydrogens is 1370 g/mol. The van der Waals surface area contributed by atoms with Crippen LogP contribution in [0.5, 0.6) is 11.5 Å². The monoisotopic (exact) mass is 1470 g/mol. The molecule has 0 aliphatic carbocycles. The molecule has 30 heteroatoms. The van der Waals surface area contributed by atoms with Gasteiger partial charge >= 0.3 is 23.9 Å². The molecule has 5 heterocycles. The second-order valence-electron chi connectivity index (χ2n) is 27.9. The molecule has 4 aliphatic rings. The number of Topliss-reactive ketones (excluding diaryl/α,β-unsaturated/α-hetero) is 1. The summed E-state index contributed by atoms with van der Waals surface area (Å²) >= 11 is 0. The van der Waals surface area contributed by atoms with E-state index < -0.39 is 125 Å². The molecule has 30 nitrogen and oxygen atoms in total. The zero-order valence-corrected chi connectivity index (χ0v) is 61.3. The van der Waals surface area contributed by atoms with Gasteiger partial charge in [-0.1, -0.05) is 78.3 Å². The highest BCUT2D eigenvalue weighted by molar-refractivity contribution is 6.26. The molecule has 9 amide bonds. The molecule has 4 bridgehead atoms. The van der Waals surface area contributed by atoms with Crippen molar-refractivity contribution in [1.82, 2.24) is 30.7 Å². The Kier molecular flexibility index (Phi) is 25.8. The average molecular weight is 1470 g/mol. The number of nitrogens with one attached hydrogen (secondary N) is 5. The molecule has 0 spiro atoms. The summed E-state index contributed by atoms with van der Waals surface area (Å²) in [6, 6.07) is 8.78. The number of anilines is 3. The van der Waals surface area contributed by atoms with Crippen molar-refractivity contribution >= 4 is 109 Å². The molecule has 11 atom stereocenters. The van der Waals surface area contributed by atoms with Gasteiger partial charge in [-0.2, -0.15) is 0 Å². The lowest BCUT2D eigenvalue weighted by Gasteiger charge is -2.38. The van der Waals surface area contributed by atoms with Crippen molar-refractivity contribution in [3.63, 3.8) is 0 Å². The number of hydrogen-bond donors (Lipinski definition) is 9. The van der Waals surface area contributed by atoms with E-state index in [2.05, 4.69) is 26.6 Å². The van der Waals surface area contributed by atoms with Crippen molar-refractivity contribution in [2.45, 2.75) is 157 Å². The molecule has 1 fully saturated rings. The number of nitrogens with zero attached hydrogens (tertiary/aromatic N) is 4. The van der Waals surface area contributed by atoms with Crippen molar-refractivity contribution < 1.29 is 91.4 Å². The van der Waals surface area contributed by atoms with Crippen LogP contribution in [0.3, 0.4) is 0 Å². The number of phenols is 1. The number of piperazine rings is 1. The van der Waals surface area contributed by atoms with Gasteiger partial charge in [-0.15, -0.1) is 0 Å². The fourth-order valence-electron chi connectivity index (χ4n) is 13.5. The summed E-state index contributed by atoms with van der Waals surface area (Å²) in [6.07, 6.45) is 6.98. The predicted octanol–water partition coefficient (Wildman–Crippen LogP) is 6.95. The van der Waals surface area contributed by atoms with Crippen LogP contribution in [0.2, 0.25) is 0 Å². The predicted molar refractivity (Wildman–Crippen MR) is 391 cm³/mol. The molecule has 1 aromatic heterocycles. The number of aromatic hydroxyl groups is 1. The number of ketones is 1. The number of ether oxygens (including phenoxy) is 5. The summed E-state index contributed by atoms with van der Waals surface area (Å²) in [7, 11) is 1.42. The van der Waals surface area contributed by atoms with Gasteiger partial charge in [0.1, 0.15) is 47.3 Å². The molecular formula is C76H94N10O20. The van der Waals surface area contributed by atoms with Gasteiger partial charge in [0, 0.05) is 136 Å². The first kappa shape index (κ1) is 79.4. The van der Waals surface area contributed by atoms with Crippen molar-refractivity contribution in [2.24, 2.45) is 35.3 Å². The van der Waals surface area contributed by atoms with Gasteiger partial charge < -0.3 is 85.5 Å². The fourth-order valence-corrected chi connectivity index (χ4v) is 13.5. The first-order chi connectivity index (χ1) is 50.3. The standard InChI is InChI=1S/C76H94N10O20/c1-39(2)60(82-54(88)20-13-12-14-31-86-55(89)27-28-56(86)90)73(98)81-51(19-16-30-78-74(77)99)72(97)79-48-23-21-47(22-24-48)38-102-75(100)85-34-32-84(33-35-85)49-25-26-50-53(37-49)105-69-61(80-50)57-58-65(93)45(8)68-59(57)70(95)76(10,106-68)103-36-29-52(101-11)42(5)67(104-46(9)87)44(7)64(92)43(6)63(91)40(3)17-15-18-41(4)71(96)83-62(69)66(58)94/h15,17-18,21-29,36-37,39-40,42-44,51-52,60,63-64,67,91-92,94H,12-14,16,19-20,30-35,38H2,1-11H3,(H,79,97)(H,81,98)(H,82,88)(H,83,96)(H3,77,78,99)/b17-15+,36-29+,41-18-/t40-,42+,43+,44+,51-,52-,60-,63-,64+,67+,76-/m0/s1. The lowest BCUT2D eigenvalue weighted by molar-refractivity contribution is -0.160. The van der Waals surface area contributed by atoms with E-state index in [0.29, 0.717) is 49.3 Å². The van der Waals surface area contributed by atoms with Crippen LogP contribution in [0.4, 0.5) is 26.7 Å². The summed E-state index contributed by atoms with van der Waals surface area (Å²) < 4.78 is 36.5. The molecule has 568 valence electrons. The number of carbonyl (C=O) groups is 10. The van der Waals surface area contributed by atoms with Crippen LogP contribution < -0.4 is 47.4 Å². The number of benzene rings is 4. The summed E-state index contributed by atoms with van der Waals surface area (Å²) in [4.78, 5) is 156. The lowest BCUT2D eigenvalue weighted by Crippen LogP contribution is -2.54. The van der Waals surface area contributed by atoms with Crippen molar-refractivity contribution in [2.75, 3.05) is 61.9 Å². The molecule has 5 aromatic rings. The molecule has 4 aromatic carbocycles.